The van der Waals surface area contributed by atoms with Crippen LogP contribution >= 0.6 is 11.6 Å². The highest BCUT2D eigenvalue weighted by molar-refractivity contribution is 6.30. The lowest BCUT2D eigenvalue weighted by Gasteiger charge is -2.14. The number of ether oxygens (including phenoxy) is 1. The molecule has 1 N–H and O–H groups in total. The van der Waals surface area contributed by atoms with Gasteiger partial charge >= 0.3 is 0 Å². The molecule has 0 amide bonds. The van der Waals surface area contributed by atoms with Gasteiger partial charge in [0.25, 0.3) is 0 Å². The maximum atomic E-state index is 13.0. The van der Waals surface area contributed by atoms with Gasteiger partial charge in [-0.1, -0.05) is 48.0 Å². The first kappa shape index (κ1) is 17.3. The SMILES string of the molecule is Cc1ccc(Cl)cc1NCc1ccccc1OCc1ccc(F)cc1. The van der Waals surface area contributed by atoms with E-state index >= 15 is 0 Å². The zero-order valence-corrected chi connectivity index (χ0v) is 14.7. The van der Waals surface area contributed by atoms with Crippen molar-refractivity contribution in [1.82, 2.24) is 0 Å². The van der Waals surface area contributed by atoms with E-state index in [1.165, 1.54) is 12.1 Å². The van der Waals surface area contributed by atoms with Crippen molar-refractivity contribution < 1.29 is 9.13 Å². The molecule has 0 aliphatic heterocycles. The Morgan fingerprint density at radius 1 is 1.00 bits per heavy atom. The number of aryl methyl sites for hydroxylation is 1. The molecule has 3 aromatic carbocycles. The van der Waals surface area contributed by atoms with Crippen LogP contribution in [0.2, 0.25) is 5.02 Å². The largest absolute Gasteiger partial charge is 0.489 e. The molecule has 0 heterocycles. The van der Waals surface area contributed by atoms with Crippen molar-refractivity contribution in [2.45, 2.75) is 20.1 Å². The Bertz CT molecular complexity index is 849. The lowest BCUT2D eigenvalue weighted by Crippen LogP contribution is -2.04. The van der Waals surface area contributed by atoms with Crippen molar-refractivity contribution in [2.24, 2.45) is 0 Å². The van der Waals surface area contributed by atoms with Crippen LogP contribution in [-0.2, 0) is 13.2 Å². The van der Waals surface area contributed by atoms with Crippen molar-refractivity contribution in [2.75, 3.05) is 5.32 Å². The lowest BCUT2D eigenvalue weighted by molar-refractivity contribution is 0.303. The van der Waals surface area contributed by atoms with Gasteiger partial charge in [-0.25, -0.2) is 4.39 Å². The number of hydrogen-bond acceptors (Lipinski definition) is 2. The molecule has 0 saturated heterocycles. The van der Waals surface area contributed by atoms with Crippen molar-refractivity contribution in [3.8, 4) is 5.75 Å². The Labute approximate surface area is 152 Å². The number of nitrogens with one attached hydrogen (secondary N) is 1. The highest BCUT2D eigenvalue weighted by atomic mass is 35.5. The van der Waals surface area contributed by atoms with Crippen LogP contribution in [0.25, 0.3) is 0 Å². The fraction of sp³-hybridized carbons (Fsp3) is 0.143. The molecule has 4 heteroatoms. The van der Waals surface area contributed by atoms with Gasteiger partial charge in [0, 0.05) is 22.8 Å². The minimum atomic E-state index is -0.245. The molecule has 3 rings (SSSR count). The van der Waals surface area contributed by atoms with Crippen LogP contribution < -0.4 is 10.1 Å². The monoisotopic (exact) mass is 355 g/mol. The molecule has 0 atom stereocenters. The van der Waals surface area contributed by atoms with E-state index in [2.05, 4.69) is 5.32 Å². The highest BCUT2D eigenvalue weighted by Gasteiger charge is 2.05. The van der Waals surface area contributed by atoms with Gasteiger partial charge < -0.3 is 10.1 Å². The minimum Gasteiger partial charge on any atom is -0.489 e. The van der Waals surface area contributed by atoms with E-state index in [1.54, 1.807) is 12.1 Å². The molecule has 0 saturated carbocycles. The quantitative estimate of drug-likeness (QED) is 0.587. The third kappa shape index (κ3) is 4.74. The van der Waals surface area contributed by atoms with Crippen LogP contribution in [0.3, 0.4) is 0 Å². The second kappa shape index (κ2) is 8.04. The summed E-state index contributed by atoms with van der Waals surface area (Å²) in [6.07, 6.45) is 0. The Balaban J connectivity index is 1.68. The fourth-order valence-corrected chi connectivity index (χ4v) is 2.68. The summed E-state index contributed by atoms with van der Waals surface area (Å²) >= 11 is 6.07. The highest BCUT2D eigenvalue weighted by Crippen LogP contribution is 2.24. The predicted octanol–water partition coefficient (Wildman–Crippen LogP) is 5.98. The first-order chi connectivity index (χ1) is 12.1. The van der Waals surface area contributed by atoms with Gasteiger partial charge in [0.15, 0.2) is 0 Å². The third-order valence-electron chi connectivity index (χ3n) is 3.95. The summed E-state index contributed by atoms with van der Waals surface area (Å²) in [6, 6.07) is 20.0. The van der Waals surface area contributed by atoms with Crippen LogP contribution in [0.4, 0.5) is 10.1 Å². The summed E-state index contributed by atoms with van der Waals surface area (Å²) in [5, 5.41) is 4.10. The van der Waals surface area contributed by atoms with Crippen molar-refractivity contribution in [3.05, 3.63) is 94.3 Å². The van der Waals surface area contributed by atoms with Gasteiger partial charge in [-0.2, -0.15) is 0 Å². The Hall–Kier alpha value is -2.52. The molecule has 25 heavy (non-hydrogen) atoms. The second-order valence-electron chi connectivity index (χ2n) is 5.84. The molecule has 128 valence electrons. The topological polar surface area (TPSA) is 21.3 Å². The summed E-state index contributed by atoms with van der Waals surface area (Å²) in [6.45, 7) is 3.06. The van der Waals surface area contributed by atoms with E-state index in [-0.39, 0.29) is 5.82 Å². The van der Waals surface area contributed by atoms with Crippen LogP contribution in [0, 0.1) is 12.7 Å². The van der Waals surface area contributed by atoms with E-state index in [0.29, 0.717) is 18.2 Å². The van der Waals surface area contributed by atoms with Crippen molar-refractivity contribution >= 4 is 17.3 Å². The van der Waals surface area contributed by atoms with Crippen LogP contribution in [-0.4, -0.2) is 0 Å². The van der Waals surface area contributed by atoms with Gasteiger partial charge in [-0.3, -0.25) is 0 Å². The first-order valence-electron chi connectivity index (χ1n) is 8.07. The molecular formula is C21H19ClFNO. The molecule has 0 aliphatic rings. The molecule has 0 bridgehead atoms. The molecule has 3 aromatic rings. The molecule has 0 radical (unpaired) electrons. The maximum Gasteiger partial charge on any atom is 0.124 e. The van der Waals surface area contributed by atoms with Gasteiger partial charge in [-0.05, 0) is 48.4 Å². The Morgan fingerprint density at radius 3 is 2.56 bits per heavy atom. The van der Waals surface area contributed by atoms with Gasteiger partial charge in [0.05, 0.1) is 0 Å². The first-order valence-corrected chi connectivity index (χ1v) is 8.45. The summed E-state index contributed by atoms with van der Waals surface area (Å²) in [5.74, 6) is 0.559. The molecular weight excluding hydrogens is 337 g/mol. The Morgan fingerprint density at radius 2 is 1.76 bits per heavy atom. The number of benzene rings is 3. The van der Waals surface area contributed by atoms with E-state index in [4.69, 9.17) is 16.3 Å². The smallest absolute Gasteiger partial charge is 0.124 e. The normalized spacial score (nSPS) is 10.5. The molecule has 0 fully saturated rings. The minimum absolute atomic E-state index is 0.245. The van der Waals surface area contributed by atoms with Crippen LogP contribution in [0.15, 0.2) is 66.7 Å². The fourth-order valence-electron chi connectivity index (χ4n) is 2.51. The van der Waals surface area contributed by atoms with E-state index in [1.807, 2.05) is 49.4 Å². The number of hydrogen-bond donors (Lipinski definition) is 1. The second-order valence-corrected chi connectivity index (χ2v) is 6.27. The number of halogens is 2. The average molecular weight is 356 g/mol. The average Bonchev–Trinajstić information content (AvgIpc) is 2.63. The molecule has 0 spiro atoms. The van der Waals surface area contributed by atoms with E-state index in [9.17, 15) is 4.39 Å². The number of anilines is 1. The lowest BCUT2D eigenvalue weighted by atomic mass is 10.1. The predicted molar refractivity (Wildman–Crippen MR) is 101 cm³/mol. The molecule has 0 unspecified atom stereocenters. The summed E-state index contributed by atoms with van der Waals surface area (Å²) in [5.41, 5.74) is 4.11. The van der Waals surface area contributed by atoms with Gasteiger partial charge in [0.2, 0.25) is 0 Å². The molecule has 0 aromatic heterocycles. The van der Waals surface area contributed by atoms with Crippen molar-refractivity contribution in [1.29, 1.82) is 0 Å². The van der Waals surface area contributed by atoms with Gasteiger partial charge in [-0.15, -0.1) is 0 Å². The molecule has 2 nitrogen and oxygen atoms in total. The van der Waals surface area contributed by atoms with Gasteiger partial charge in [0.1, 0.15) is 18.2 Å². The van der Waals surface area contributed by atoms with Crippen molar-refractivity contribution in [3.63, 3.8) is 0 Å². The number of para-hydroxylation sites is 1. The zero-order chi connectivity index (χ0) is 17.6. The zero-order valence-electron chi connectivity index (χ0n) is 13.9. The standard InChI is InChI=1S/C21H19ClFNO/c1-15-6-9-18(22)12-20(15)24-13-17-4-2-3-5-21(17)25-14-16-7-10-19(23)11-8-16/h2-12,24H,13-14H2,1H3. The maximum absolute atomic E-state index is 13.0. The van der Waals surface area contributed by atoms with Crippen LogP contribution in [0.1, 0.15) is 16.7 Å². The van der Waals surface area contributed by atoms with E-state index in [0.717, 1.165) is 28.1 Å². The Kier molecular flexibility index (Phi) is 5.56. The number of rotatable bonds is 6. The summed E-state index contributed by atoms with van der Waals surface area (Å²) < 4.78 is 18.9. The van der Waals surface area contributed by atoms with Crippen LogP contribution in [0.5, 0.6) is 5.75 Å². The third-order valence-corrected chi connectivity index (χ3v) is 4.18. The summed E-state index contributed by atoms with van der Waals surface area (Å²) in [7, 11) is 0. The summed E-state index contributed by atoms with van der Waals surface area (Å²) in [4.78, 5) is 0. The molecule has 0 aliphatic carbocycles. The van der Waals surface area contributed by atoms with E-state index < -0.39 is 0 Å².